The zero-order valence-electron chi connectivity index (χ0n) is 9.60. The molecule has 1 heterocycles. The number of nitrogens with two attached hydrogens (primary N) is 1. The van der Waals surface area contributed by atoms with Gasteiger partial charge in [-0.05, 0) is 42.4 Å². The van der Waals surface area contributed by atoms with Crippen LogP contribution in [0, 0.1) is 6.92 Å². The van der Waals surface area contributed by atoms with Gasteiger partial charge in [-0.15, -0.1) is 0 Å². The number of halogens is 2. The molecule has 0 saturated carbocycles. The van der Waals surface area contributed by atoms with E-state index in [0.717, 1.165) is 17.3 Å². The van der Waals surface area contributed by atoms with Crippen molar-refractivity contribution in [2.75, 3.05) is 5.73 Å². The van der Waals surface area contributed by atoms with E-state index in [0.29, 0.717) is 15.7 Å². The summed E-state index contributed by atoms with van der Waals surface area (Å²) >= 11 is 1.10. The lowest BCUT2D eigenvalue weighted by Gasteiger charge is -2.08. The first-order valence-electron chi connectivity index (χ1n) is 5.20. The molecular formula is C12H11F2N3S. The molecule has 94 valence electrons. The third-order valence-electron chi connectivity index (χ3n) is 2.23. The number of nitrogens with zero attached hydrogens (tertiary/aromatic N) is 2. The molecule has 0 aliphatic rings. The molecule has 0 unspecified atom stereocenters. The Morgan fingerprint density at radius 2 is 1.89 bits per heavy atom. The van der Waals surface area contributed by atoms with Gasteiger partial charge in [0.05, 0.1) is 0 Å². The summed E-state index contributed by atoms with van der Waals surface area (Å²) in [7, 11) is 0. The van der Waals surface area contributed by atoms with E-state index in [2.05, 4.69) is 9.97 Å². The van der Waals surface area contributed by atoms with Gasteiger partial charge in [0.1, 0.15) is 0 Å². The number of anilines is 1. The fourth-order valence-corrected chi connectivity index (χ4v) is 2.17. The zero-order valence-corrected chi connectivity index (χ0v) is 10.4. The van der Waals surface area contributed by atoms with E-state index in [1.807, 2.05) is 6.92 Å². The van der Waals surface area contributed by atoms with E-state index in [4.69, 9.17) is 5.73 Å². The Kier molecular flexibility index (Phi) is 3.76. The largest absolute Gasteiger partial charge is 0.399 e. The molecule has 0 atom stereocenters. The van der Waals surface area contributed by atoms with Crippen molar-refractivity contribution < 1.29 is 8.78 Å². The van der Waals surface area contributed by atoms with Crippen LogP contribution in [0.15, 0.2) is 40.6 Å². The van der Waals surface area contributed by atoms with Gasteiger partial charge in [-0.1, -0.05) is 0 Å². The minimum atomic E-state index is -2.57. The molecule has 2 N–H and O–H groups in total. The van der Waals surface area contributed by atoms with E-state index in [1.54, 1.807) is 24.5 Å². The molecule has 0 aliphatic carbocycles. The minimum absolute atomic E-state index is 0.0934. The number of hydrogen-bond donors (Lipinski definition) is 1. The SMILES string of the molecule is Cc1cnc(Sc2ccc(N)cc2C(F)F)nc1. The highest BCUT2D eigenvalue weighted by atomic mass is 32.2. The molecule has 1 aromatic carbocycles. The summed E-state index contributed by atoms with van der Waals surface area (Å²) in [5, 5.41) is 0.437. The number of rotatable bonds is 3. The van der Waals surface area contributed by atoms with Gasteiger partial charge in [-0.25, -0.2) is 18.7 Å². The molecule has 0 fully saturated rings. The highest BCUT2D eigenvalue weighted by Crippen LogP contribution is 2.34. The van der Waals surface area contributed by atoms with Gasteiger partial charge in [0.15, 0.2) is 5.16 Å². The number of aryl methyl sites for hydroxylation is 1. The van der Waals surface area contributed by atoms with Crippen LogP contribution in [0.5, 0.6) is 0 Å². The van der Waals surface area contributed by atoms with Crippen LogP contribution in [0.4, 0.5) is 14.5 Å². The fraction of sp³-hybridized carbons (Fsp3) is 0.167. The maximum atomic E-state index is 12.9. The lowest BCUT2D eigenvalue weighted by atomic mass is 10.2. The van der Waals surface area contributed by atoms with Crippen LogP contribution in [-0.2, 0) is 0 Å². The lowest BCUT2D eigenvalue weighted by molar-refractivity contribution is 0.148. The van der Waals surface area contributed by atoms with E-state index in [1.165, 1.54) is 6.07 Å². The first-order valence-corrected chi connectivity index (χ1v) is 6.02. The number of nitrogen functional groups attached to an aromatic ring is 1. The Bertz CT molecular complexity index is 544. The molecule has 0 aliphatic heterocycles. The summed E-state index contributed by atoms with van der Waals surface area (Å²) in [4.78, 5) is 8.56. The second-order valence-electron chi connectivity index (χ2n) is 3.74. The van der Waals surface area contributed by atoms with Gasteiger partial charge in [0, 0.05) is 28.5 Å². The van der Waals surface area contributed by atoms with E-state index in [9.17, 15) is 8.78 Å². The number of hydrogen-bond acceptors (Lipinski definition) is 4. The average molecular weight is 267 g/mol. The van der Waals surface area contributed by atoms with Crippen LogP contribution >= 0.6 is 11.8 Å². The molecule has 0 amide bonds. The Balaban J connectivity index is 2.31. The van der Waals surface area contributed by atoms with Gasteiger partial charge in [-0.2, -0.15) is 0 Å². The quantitative estimate of drug-likeness (QED) is 0.683. The van der Waals surface area contributed by atoms with E-state index < -0.39 is 6.43 Å². The molecule has 0 spiro atoms. The van der Waals surface area contributed by atoms with Crippen LogP contribution in [0.3, 0.4) is 0 Å². The van der Waals surface area contributed by atoms with Gasteiger partial charge in [-0.3, -0.25) is 0 Å². The van der Waals surface area contributed by atoms with Crippen molar-refractivity contribution >= 4 is 17.4 Å². The maximum Gasteiger partial charge on any atom is 0.265 e. The summed E-state index contributed by atoms with van der Waals surface area (Å²) in [6.07, 6.45) is 0.727. The maximum absolute atomic E-state index is 12.9. The van der Waals surface area contributed by atoms with Crippen LogP contribution < -0.4 is 5.73 Å². The van der Waals surface area contributed by atoms with Crippen LogP contribution in [-0.4, -0.2) is 9.97 Å². The third-order valence-corrected chi connectivity index (χ3v) is 3.21. The fourth-order valence-electron chi connectivity index (χ4n) is 1.36. The molecule has 0 radical (unpaired) electrons. The molecular weight excluding hydrogens is 256 g/mol. The number of alkyl halides is 2. The molecule has 18 heavy (non-hydrogen) atoms. The molecule has 0 bridgehead atoms. The molecule has 2 aromatic rings. The zero-order chi connectivity index (χ0) is 13.1. The smallest absolute Gasteiger partial charge is 0.265 e. The number of aromatic nitrogens is 2. The van der Waals surface area contributed by atoms with Crippen LogP contribution in [0.25, 0.3) is 0 Å². The highest BCUT2D eigenvalue weighted by Gasteiger charge is 2.15. The van der Waals surface area contributed by atoms with Gasteiger partial charge >= 0.3 is 0 Å². The summed E-state index contributed by atoms with van der Waals surface area (Å²) < 4.78 is 25.7. The standard InChI is InChI=1S/C12H11F2N3S/c1-7-5-16-12(17-6-7)18-10-3-2-8(15)4-9(10)11(13)14/h2-6,11H,15H2,1H3. The van der Waals surface area contributed by atoms with Crippen molar-refractivity contribution in [3.05, 3.63) is 41.7 Å². The van der Waals surface area contributed by atoms with Crippen molar-refractivity contribution in [2.24, 2.45) is 0 Å². The predicted octanol–water partition coefficient (Wildman–Crippen LogP) is 3.46. The first kappa shape index (κ1) is 12.8. The average Bonchev–Trinajstić information content (AvgIpc) is 2.34. The van der Waals surface area contributed by atoms with Crippen molar-refractivity contribution in [3.63, 3.8) is 0 Å². The van der Waals surface area contributed by atoms with E-state index >= 15 is 0 Å². The van der Waals surface area contributed by atoms with Gasteiger partial charge in [0.2, 0.25) is 0 Å². The second kappa shape index (κ2) is 5.30. The van der Waals surface area contributed by atoms with Crippen LogP contribution in [0.2, 0.25) is 0 Å². The first-order chi connectivity index (χ1) is 8.56. The Morgan fingerprint density at radius 3 is 2.50 bits per heavy atom. The summed E-state index contributed by atoms with van der Waals surface area (Å²) in [5.41, 5.74) is 6.65. The number of benzene rings is 1. The monoisotopic (exact) mass is 267 g/mol. The minimum Gasteiger partial charge on any atom is -0.399 e. The molecule has 2 rings (SSSR count). The summed E-state index contributed by atoms with van der Waals surface area (Å²) in [6, 6.07) is 4.42. The molecule has 0 saturated heterocycles. The van der Waals surface area contributed by atoms with Gasteiger partial charge < -0.3 is 5.73 Å². The Labute approximate surface area is 107 Å². The van der Waals surface area contributed by atoms with Crippen molar-refractivity contribution in [1.82, 2.24) is 9.97 Å². The van der Waals surface area contributed by atoms with Crippen LogP contribution in [0.1, 0.15) is 17.6 Å². The Hall–Kier alpha value is -1.69. The predicted molar refractivity (Wildman–Crippen MR) is 66.7 cm³/mol. The summed E-state index contributed by atoms with van der Waals surface area (Å²) in [6.45, 7) is 1.86. The van der Waals surface area contributed by atoms with Crippen molar-refractivity contribution in [2.45, 2.75) is 23.4 Å². The lowest BCUT2D eigenvalue weighted by Crippen LogP contribution is -1.94. The molecule has 3 nitrogen and oxygen atoms in total. The summed E-state index contributed by atoms with van der Waals surface area (Å²) in [5.74, 6) is 0. The normalized spacial score (nSPS) is 10.9. The van der Waals surface area contributed by atoms with Gasteiger partial charge in [0.25, 0.3) is 6.43 Å². The topological polar surface area (TPSA) is 51.8 Å². The Morgan fingerprint density at radius 1 is 1.22 bits per heavy atom. The second-order valence-corrected chi connectivity index (χ2v) is 4.75. The third kappa shape index (κ3) is 2.95. The molecule has 1 aromatic heterocycles. The molecule has 6 heteroatoms. The van der Waals surface area contributed by atoms with Crippen molar-refractivity contribution in [3.8, 4) is 0 Å². The van der Waals surface area contributed by atoms with Crippen molar-refractivity contribution in [1.29, 1.82) is 0 Å². The highest BCUT2D eigenvalue weighted by molar-refractivity contribution is 7.99. The van der Waals surface area contributed by atoms with E-state index in [-0.39, 0.29) is 5.56 Å².